The van der Waals surface area contributed by atoms with Gasteiger partial charge in [0.25, 0.3) is 5.56 Å². The van der Waals surface area contributed by atoms with E-state index in [1.165, 1.54) is 10.6 Å². The van der Waals surface area contributed by atoms with Crippen molar-refractivity contribution in [1.29, 1.82) is 0 Å². The van der Waals surface area contributed by atoms with Crippen molar-refractivity contribution in [2.24, 2.45) is 0 Å². The van der Waals surface area contributed by atoms with Gasteiger partial charge < -0.3 is 10.1 Å². The summed E-state index contributed by atoms with van der Waals surface area (Å²) in [6.45, 7) is 2.53. The molecule has 1 N–H and O–H groups in total. The van der Waals surface area contributed by atoms with Crippen molar-refractivity contribution in [3.05, 3.63) is 64.5 Å². The van der Waals surface area contributed by atoms with Crippen LogP contribution in [0.25, 0.3) is 10.9 Å². The molecule has 2 aromatic carbocycles. The lowest BCUT2D eigenvalue weighted by Crippen LogP contribution is -2.27. The van der Waals surface area contributed by atoms with Crippen molar-refractivity contribution in [2.45, 2.75) is 30.3 Å². The summed E-state index contributed by atoms with van der Waals surface area (Å²) in [5.41, 5.74) is 0.504. The van der Waals surface area contributed by atoms with E-state index in [2.05, 4.69) is 10.3 Å². The van der Waals surface area contributed by atoms with Gasteiger partial charge in [0.05, 0.1) is 16.2 Å². The molecule has 30 heavy (non-hydrogen) atoms. The Balaban J connectivity index is 1.85. The number of hydrogen-bond donors (Lipinski definition) is 1. The minimum absolute atomic E-state index is 0.148. The molecule has 0 radical (unpaired) electrons. The van der Waals surface area contributed by atoms with Crippen molar-refractivity contribution in [3.8, 4) is 0 Å². The zero-order valence-corrected chi connectivity index (χ0v) is 17.3. The highest BCUT2D eigenvalue weighted by Crippen LogP contribution is 2.24. The minimum Gasteiger partial charge on any atom is -0.385 e. The number of ether oxygens (including phenoxy) is 1. The predicted octanol–water partition coefficient (Wildman–Crippen LogP) is 3.83. The van der Waals surface area contributed by atoms with Gasteiger partial charge in [0.1, 0.15) is 0 Å². The number of para-hydroxylation sites is 1. The molecule has 1 heterocycles. The highest BCUT2D eigenvalue weighted by Gasteiger charge is 2.20. The number of amides is 1. The number of benzene rings is 2. The number of hydrogen-bond acceptors (Lipinski definition) is 5. The highest BCUT2D eigenvalue weighted by molar-refractivity contribution is 8.00. The predicted molar refractivity (Wildman–Crippen MR) is 113 cm³/mol. The van der Waals surface area contributed by atoms with Crippen molar-refractivity contribution in [3.63, 3.8) is 0 Å². The van der Waals surface area contributed by atoms with E-state index in [1.54, 1.807) is 38.3 Å². The molecule has 158 valence electrons. The lowest BCUT2D eigenvalue weighted by Gasteiger charge is -2.16. The van der Waals surface area contributed by atoms with Crippen molar-refractivity contribution in [1.82, 2.24) is 9.55 Å². The van der Waals surface area contributed by atoms with Crippen LogP contribution in [0.2, 0.25) is 0 Å². The van der Waals surface area contributed by atoms with Gasteiger partial charge in [0.15, 0.2) is 16.8 Å². The van der Waals surface area contributed by atoms with E-state index >= 15 is 0 Å². The van der Waals surface area contributed by atoms with Gasteiger partial charge in [-0.1, -0.05) is 23.9 Å². The number of rotatable bonds is 8. The van der Waals surface area contributed by atoms with E-state index in [0.29, 0.717) is 35.6 Å². The van der Waals surface area contributed by atoms with Gasteiger partial charge in [0, 0.05) is 32.0 Å². The monoisotopic (exact) mass is 433 g/mol. The van der Waals surface area contributed by atoms with E-state index < -0.39 is 22.8 Å². The second-order valence-electron chi connectivity index (χ2n) is 6.59. The molecule has 0 aliphatic carbocycles. The second-order valence-corrected chi connectivity index (χ2v) is 7.90. The fourth-order valence-electron chi connectivity index (χ4n) is 2.83. The van der Waals surface area contributed by atoms with Crippen LogP contribution in [-0.2, 0) is 16.1 Å². The molecule has 3 aromatic rings. The maximum absolute atomic E-state index is 13.4. The Morgan fingerprint density at radius 2 is 2.00 bits per heavy atom. The molecular formula is C21H21F2N3O3S. The highest BCUT2D eigenvalue weighted by atomic mass is 32.2. The summed E-state index contributed by atoms with van der Waals surface area (Å²) in [5, 5.41) is 2.82. The lowest BCUT2D eigenvalue weighted by molar-refractivity contribution is -0.115. The first kappa shape index (κ1) is 21.9. The molecule has 1 atom stereocenters. The van der Waals surface area contributed by atoms with Gasteiger partial charge in [-0.25, -0.2) is 13.8 Å². The maximum atomic E-state index is 13.4. The number of anilines is 1. The quantitative estimate of drug-likeness (QED) is 0.332. The standard InChI is InChI=1S/C21H21F2N3O3S/c1-13(19(27)24-14-8-9-16(22)17(23)12-14)30-21-25-18-7-4-3-6-15(18)20(28)26(21)10-5-11-29-2/h3-4,6-9,12-13H,5,10-11H2,1-2H3,(H,24,27). The first-order chi connectivity index (χ1) is 14.4. The summed E-state index contributed by atoms with van der Waals surface area (Å²) in [6, 6.07) is 10.2. The van der Waals surface area contributed by atoms with Gasteiger partial charge in [-0.05, 0) is 37.6 Å². The Kier molecular flexibility index (Phi) is 7.17. The smallest absolute Gasteiger partial charge is 0.262 e. The van der Waals surface area contributed by atoms with E-state index in [4.69, 9.17) is 4.74 Å². The first-order valence-corrected chi connectivity index (χ1v) is 10.2. The summed E-state index contributed by atoms with van der Waals surface area (Å²) >= 11 is 1.12. The van der Waals surface area contributed by atoms with Gasteiger partial charge >= 0.3 is 0 Å². The number of carbonyl (C=O) groups is 1. The number of nitrogens with one attached hydrogen (secondary N) is 1. The molecule has 0 saturated carbocycles. The van der Waals surface area contributed by atoms with Crippen LogP contribution in [0.5, 0.6) is 0 Å². The topological polar surface area (TPSA) is 73.2 Å². The molecule has 1 amide bonds. The number of fused-ring (bicyclic) bond motifs is 1. The average Bonchev–Trinajstić information content (AvgIpc) is 2.73. The van der Waals surface area contributed by atoms with E-state index in [0.717, 1.165) is 23.9 Å². The molecule has 1 unspecified atom stereocenters. The van der Waals surface area contributed by atoms with Crippen molar-refractivity contribution in [2.75, 3.05) is 19.0 Å². The van der Waals surface area contributed by atoms with Crippen LogP contribution in [0.15, 0.2) is 52.4 Å². The van der Waals surface area contributed by atoms with Crippen LogP contribution in [0.4, 0.5) is 14.5 Å². The summed E-state index contributed by atoms with van der Waals surface area (Å²) < 4.78 is 33.1. The third-order valence-electron chi connectivity index (χ3n) is 4.40. The first-order valence-electron chi connectivity index (χ1n) is 9.32. The van der Waals surface area contributed by atoms with Crippen LogP contribution >= 0.6 is 11.8 Å². The van der Waals surface area contributed by atoms with Crippen LogP contribution in [0, 0.1) is 11.6 Å². The number of halogens is 2. The minimum atomic E-state index is -1.05. The zero-order chi connectivity index (χ0) is 21.7. The molecule has 3 rings (SSSR count). The molecule has 0 aliphatic rings. The van der Waals surface area contributed by atoms with E-state index in [9.17, 15) is 18.4 Å². The normalized spacial score (nSPS) is 12.1. The lowest BCUT2D eigenvalue weighted by atomic mass is 10.2. The number of methoxy groups -OCH3 is 1. The molecule has 0 saturated heterocycles. The summed E-state index contributed by atoms with van der Waals surface area (Å²) in [4.78, 5) is 30.1. The molecule has 9 heteroatoms. The van der Waals surface area contributed by atoms with E-state index in [1.807, 2.05) is 0 Å². The van der Waals surface area contributed by atoms with Gasteiger partial charge in [-0.3, -0.25) is 14.2 Å². The van der Waals surface area contributed by atoms with Crippen molar-refractivity contribution < 1.29 is 18.3 Å². The molecule has 6 nitrogen and oxygen atoms in total. The maximum Gasteiger partial charge on any atom is 0.262 e. The van der Waals surface area contributed by atoms with E-state index in [-0.39, 0.29) is 11.2 Å². The summed E-state index contributed by atoms with van der Waals surface area (Å²) in [6.07, 6.45) is 0.611. The Morgan fingerprint density at radius 1 is 1.23 bits per heavy atom. The van der Waals surface area contributed by atoms with Crippen LogP contribution in [-0.4, -0.2) is 34.4 Å². The van der Waals surface area contributed by atoms with Gasteiger partial charge in [-0.15, -0.1) is 0 Å². The third kappa shape index (κ3) is 5.03. The Hall–Kier alpha value is -2.78. The summed E-state index contributed by atoms with van der Waals surface area (Å²) in [5.74, 6) is -2.45. The van der Waals surface area contributed by atoms with Crippen molar-refractivity contribution >= 4 is 34.3 Å². The zero-order valence-electron chi connectivity index (χ0n) is 16.5. The fourth-order valence-corrected chi connectivity index (χ4v) is 3.77. The second kappa shape index (κ2) is 9.82. The molecule has 1 aromatic heterocycles. The van der Waals surface area contributed by atoms with Crippen LogP contribution < -0.4 is 10.9 Å². The Morgan fingerprint density at radius 3 is 2.73 bits per heavy atom. The van der Waals surface area contributed by atoms with Crippen LogP contribution in [0.3, 0.4) is 0 Å². The Bertz CT molecular complexity index is 1120. The summed E-state index contributed by atoms with van der Waals surface area (Å²) in [7, 11) is 1.59. The third-order valence-corrected chi connectivity index (χ3v) is 5.49. The molecule has 0 fully saturated rings. The Labute approximate surface area is 176 Å². The average molecular weight is 433 g/mol. The number of carbonyl (C=O) groups excluding carboxylic acids is 1. The molecule has 0 aliphatic heterocycles. The molecule has 0 bridgehead atoms. The van der Waals surface area contributed by atoms with Gasteiger partial charge in [0.2, 0.25) is 5.91 Å². The van der Waals surface area contributed by atoms with Crippen LogP contribution in [0.1, 0.15) is 13.3 Å². The fraction of sp³-hybridized carbons (Fsp3) is 0.286. The SMILES string of the molecule is COCCCn1c(SC(C)C(=O)Nc2ccc(F)c(F)c2)nc2ccccc2c1=O. The largest absolute Gasteiger partial charge is 0.385 e. The number of aromatic nitrogens is 2. The molecule has 0 spiro atoms. The number of nitrogens with zero attached hydrogens (tertiary/aromatic N) is 2. The number of thioether (sulfide) groups is 1. The van der Waals surface area contributed by atoms with Gasteiger partial charge in [-0.2, -0.15) is 0 Å². The molecular weight excluding hydrogens is 412 g/mol.